The summed E-state index contributed by atoms with van der Waals surface area (Å²) < 4.78 is 7.07. The van der Waals surface area contributed by atoms with E-state index in [-0.39, 0.29) is 12.1 Å². The van der Waals surface area contributed by atoms with Crippen molar-refractivity contribution in [2.45, 2.75) is 25.3 Å². The van der Waals surface area contributed by atoms with E-state index < -0.39 is 0 Å². The van der Waals surface area contributed by atoms with E-state index in [4.69, 9.17) is 4.74 Å². The van der Waals surface area contributed by atoms with Crippen LogP contribution < -0.4 is 10.1 Å². The summed E-state index contributed by atoms with van der Waals surface area (Å²) in [6.45, 7) is 1.41. The molecular formula is C18H24N4O2. The van der Waals surface area contributed by atoms with E-state index in [1.165, 1.54) is 0 Å². The van der Waals surface area contributed by atoms with Crippen LogP contribution in [0.3, 0.4) is 0 Å². The number of urea groups is 1. The lowest BCUT2D eigenvalue weighted by Crippen LogP contribution is -2.40. The van der Waals surface area contributed by atoms with Gasteiger partial charge in [0, 0.05) is 26.3 Å². The van der Waals surface area contributed by atoms with E-state index in [0.29, 0.717) is 6.54 Å². The largest absolute Gasteiger partial charge is 0.497 e. The van der Waals surface area contributed by atoms with Crippen molar-refractivity contribution in [1.82, 2.24) is 20.0 Å². The first-order chi connectivity index (χ1) is 11.7. The first-order valence-corrected chi connectivity index (χ1v) is 8.33. The summed E-state index contributed by atoms with van der Waals surface area (Å²) in [5.74, 6) is 0.830. The molecule has 6 heteroatoms. The Balaban J connectivity index is 1.58. The summed E-state index contributed by atoms with van der Waals surface area (Å²) in [5.41, 5.74) is 2.26. The lowest BCUT2D eigenvalue weighted by atomic mass is 10.0. The third-order valence-corrected chi connectivity index (χ3v) is 4.44. The molecule has 2 aromatic rings. The third-order valence-electron chi connectivity index (χ3n) is 4.44. The van der Waals surface area contributed by atoms with Gasteiger partial charge >= 0.3 is 6.03 Å². The molecular weight excluding hydrogens is 304 g/mol. The van der Waals surface area contributed by atoms with E-state index in [9.17, 15) is 4.79 Å². The van der Waals surface area contributed by atoms with Gasteiger partial charge in [-0.2, -0.15) is 5.10 Å². The van der Waals surface area contributed by atoms with E-state index in [1.807, 2.05) is 42.5 Å². The molecule has 1 N–H and O–H groups in total. The summed E-state index contributed by atoms with van der Waals surface area (Å²) in [4.78, 5) is 14.5. The zero-order valence-electron chi connectivity index (χ0n) is 14.2. The second-order valence-electron chi connectivity index (χ2n) is 6.13. The van der Waals surface area contributed by atoms with Crippen molar-refractivity contribution in [3.05, 3.63) is 47.8 Å². The van der Waals surface area contributed by atoms with Crippen LogP contribution in [0.15, 0.2) is 36.7 Å². The lowest BCUT2D eigenvalue weighted by Gasteiger charge is -2.25. The normalized spacial score (nSPS) is 17.1. The zero-order valence-corrected chi connectivity index (χ0v) is 14.2. The summed E-state index contributed by atoms with van der Waals surface area (Å²) in [6.07, 6.45) is 6.61. The number of aryl methyl sites for hydroxylation is 1. The molecule has 2 amide bonds. The molecule has 0 bridgehead atoms. The van der Waals surface area contributed by atoms with Gasteiger partial charge in [0.2, 0.25) is 0 Å². The topological polar surface area (TPSA) is 59.4 Å². The fraction of sp³-hybridized carbons (Fsp3) is 0.444. The van der Waals surface area contributed by atoms with Crippen LogP contribution in [0.25, 0.3) is 0 Å². The van der Waals surface area contributed by atoms with E-state index in [2.05, 4.69) is 16.5 Å². The number of benzene rings is 1. The average molecular weight is 328 g/mol. The van der Waals surface area contributed by atoms with Crippen molar-refractivity contribution in [2.75, 3.05) is 20.2 Å². The molecule has 2 heterocycles. The van der Waals surface area contributed by atoms with Crippen molar-refractivity contribution in [3.63, 3.8) is 0 Å². The van der Waals surface area contributed by atoms with E-state index in [0.717, 1.165) is 42.7 Å². The Morgan fingerprint density at radius 1 is 1.46 bits per heavy atom. The monoisotopic (exact) mass is 328 g/mol. The SMILES string of the molecule is COc1cccc([C@H]2CCCN2C(=O)NCCc2cnn(C)c2)c1. The first-order valence-electron chi connectivity index (χ1n) is 8.33. The number of nitrogens with zero attached hydrogens (tertiary/aromatic N) is 3. The van der Waals surface area contributed by atoms with E-state index in [1.54, 1.807) is 11.8 Å². The fourth-order valence-electron chi connectivity index (χ4n) is 3.22. The number of ether oxygens (including phenoxy) is 1. The van der Waals surface area contributed by atoms with Crippen LogP contribution in [0.4, 0.5) is 4.79 Å². The van der Waals surface area contributed by atoms with Gasteiger partial charge in [0.15, 0.2) is 0 Å². The zero-order chi connectivity index (χ0) is 16.9. The number of amides is 2. The Labute approximate surface area is 142 Å². The summed E-state index contributed by atoms with van der Waals surface area (Å²) in [5, 5.41) is 7.17. The van der Waals surface area contributed by atoms with Gasteiger partial charge in [0.25, 0.3) is 0 Å². The molecule has 1 aromatic heterocycles. The second kappa shape index (κ2) is 7.38. The van der Waals surface area contributed by atoms with Crippen LogP contribution in [0.2, 0.25) is 0 Å². The predicted molar refractivity (Wildman–Crippen MR) is 92.0 cm³/mol. The van der Waals surface area contributed by atoms with Crippen LogP contribution in [-0.4, -0.2) is 40.9 Å². The van der Waals surface area contributed by atoms with Gasteiger partial charge in [0.05, 0.1) is 19.3 Å². The van der Waals surface area contributed by atoms with Gasteiger partial charge in [-0.1, -0.05) is 12.1 Å². The van der Waals surface area contributed by atoms with E-state index >= 15 is 0 Å². The molecule has 6 nitrogen and oxygen atoms in total. The van der Waals surface area contributed by atoms with Gasteiger partial charge in [-0.25, -0.2) is 4.79 Å². The number of likely N-dealkylation sites (tertiary alicyclic amines) is 1. The number of methoxy groups -OCH3 is 1. The summed E-state index contributed by atoms with van der Waals surface area (Å²) >= 11 is 0. The number of hydrogen-bond acceptors (Lipinski definition) is 3. The molecule has 0 spiro atoms. The standard InChI is InChI=1S/C18H24N4O2/c1-21-13-14(12-20-21)8-9-19-18(23)22-10-4-7-17(22)15-5-3-6-16(11-15)24-2/h3,5-6,11-13,17H,4,7-10H2,1-2H3,(H,19,23)/t17-/m1/s1. The van der Waals surface area contributed by atoms with Gasteiger partial charge in [0.1, 0.15) is 5.75 Å². The molecule has 0 saturated carbocycles. The molecule has 24 heavy (non-hydrogen) atoms. The second-order valence-corrected chi connectivity index (χ2v) is 6.13. The molecule has 128 valence electrons. The molecule has 0 aliphatic carbocycles. The number of carbonyl (C=O) groups excluding carboxylic acids is 1. The Kier molecular flexibility index (Phi) is 5.03. The molecule has 0 radical (unpaired) electrons. The summed E-state index contributed by atoms with van der Waals surface area (Å²) in [6, 6.07) is 8.12. The van der Waals surface area contributed by atoms with Crippen molar-refractivity contribution in [1.29, 1.82) is 0 Å². The highest BCUT2D eigenvalue weighted by atomic mass is 16.5. The molecule has 1 aliphatic rings. The van der Waals surface area contributed by atoms with Gasteiger partial charge < -0.3 is 15.0 Å². The number of rotatable bonds is 5. The lowest BCUT2D eigenvalue weighted by molar-refractivity contribution is 0.193. The summed E-state index contributed by atoms with van der Waals surface area (Å²) in [7, 11) is 3.56. The molecule has 1 aliphatic heterocycles. The first kappa shape index (κ1) is 16.4. The highest BCUT2D eigenvalue weighted by Gasteiger charge is 2.29. The van der Waals surface area contributed by atoms with Gasteiger partial charge in [-0.05, 0) is 42.5 Å². The number of hydrogen-bond donors (Lipinski definition) is 1. The van der Waals surface area contributed by atoms with Gasteiger partial charge in [-0.15, -0.1) is 0 Å². The maximum atomic E-state index is 12.5. The van der Waals surface area contributed by atoms with Crippen LogP contribution in [0, 0.1) is 0 Å². The highest BCUT2D eigenvalue weighted by Crippen LogP contribution is 2.33. The maximum absolute atomic E-state index is 12.5. The molecule has 1 saturated heterocycles. The van der Waals surface area contributed by atoms with Crippen LogP contribution in [-0.2, 0) is 13.5 Å². The molecule has 1 atom stereocenters. The minimum absolute atomic E-state index is 0.00390. The Bertz CT molecular complexity index is 698. The Hall–Kier alpha value is -2.50. The van der Waals surface area contributed by atoms with Crippen LogP contribution in [0.5, 0.6) is 5.75 Å². The van der Waals surface area contributed by atoms with Crippen molar-refractivity contribution >= 4 is 6.03 Å². The molecule has 0 unspecified atom stereocenters. The Morgan fingerprint density at radius 3 is 3.08 bits per heavy atom. The Morgan fingerprint density at radius 2 is 2.33 bits per heavy atom. The fourth-order valence-corrected chi connectivity index (χ4v) is 3.22. The quantitative estimate of drug-likeness (QED) is 0.917. The number of nitrogens with one attached hydrogen (secondary N) is 1. The van der Waals surface area contributed by atoms with Crippen molar-refractivity contribution < 1.29 is 9.53 Å². The third kappa shape index (κ3) is 3.69. The maximum Gasteiger partial charge on any atom is 0.317 e. The van der Waals surface area contributed by atoms with Crippen molar-refractivity contribution in [3.8, 4) is 5.75 Å². The van der Waals surface area contributed by atoms with Crippen molar-refractivity contribution in [2.24, 2.45) is 7.05 Å². The number of carbonyl (C=O) groups is 1. The molecule has 1 fully saturated rings. The van der Waals surface area contributed by atoms with Crippen LogP contribution in [0.1, 0.15) is 30.0 Å². The van der Waals surface area contributed by atoms with Crippen LogP contribution >= 0.6 is 0 Å². The minimum Gasteiger partial charge on any atom is -0.497 e. The minimum atomic E-state index is 0.00390. The highest BCUT2D eigenvalue weighted by molar-refractivity contribution is 5.75. The number of aromatic nitrogens is 2. The molecule has 3 rings (SSSR count). The molecule has 1 aromatic carbocycles. The smallest absolute Gasteiger partial charge is 0.317 e. The predicted octanol–water partition coefficient (Wildman–Crippen LogP) is 2.52. The average Bonchev–Trinajstić information content (AvgIpc) is 3.24. The van der Waals surface area contributed by atoms with Gasteiger partial charge in [-0.3, -0.25) is 4.68 Å².